The van der Waals surface area contributed by atoms with Crippen LogP contribution >= 0.6 is 0 Å². The van der Waals surface area contributed by atoms with Crippen molar-refractivity contribution in [2.24, 2.45) is 0 Å². The van der Waals surface area contributed by atoms with E-state index in [0.717, 1.165) is 38.5 Å². The molecule has 0 saturated carbocycles. The van der Waals surface area contributed by atoms with Crippen LogP contribution in [0.3, 0.4) is 0 Å². The summed E-state index contributed by atoms with van der Waals surface area (Å²) in [7, 11) is -5.11. The summed E-state index contributed by atoms with van der Waals surface area (Å²) in [5, 5.41) is 55.2. The number of ether oxygens (including phenoxy) is 2. The topological polar surface area (TPSA) is 212 Å². The van der Waals surface area contributed by atoms with Gasteiger partial charge in [-0.05, 0) is 19.3 Å². The van der Waals surface area contributed by atoms with Crippen LogP contribution in [0, 0.1) is 0 Å². The van der Waals surface area contributed by atoms with Crippen LogP contribution in [0.15, 0.2) is 12.2 Å². The molecule has 7 N–H and O–H groups in total. The number of nitrogens with one attached hydrogen (secondary N) is 1. The van der Waals surface area contributed by atoms with Gasteiger partial charge in [0.05, 0.1) is 25.4 Å². The Balaban J connectivity index is 2.55. The second-order valence-electron chi connectivity index (χ2n) is 17.2. The molecule has 60 heavy (non-hydrogen) atoms. The molecule has 8 atom stereocenters. The fourth-order valence-corrected chi connectivity index (χ4v) is 8.32. The molecule has 0 aromatic rings. The summed E-state index contributed by atoms with van der Waals surface area (Å²) in [5.74, 6) is -0.700. The van der Waals surface area contributed by atoms with Crippen molar-refractivity contribution in [3.8, 4) is 0 Å². The van der Waals surface area contributed by atoms with Crippen molar-refractivity contribution in [3.63, 3.8) is 0 Å². The standard InChI is InChI=1S/C46H89NO12S/c1-3-5-7-9-11-13-15-17-18-19-20-21-22-23-25-26-28-30-32-34-39(49)38(37-57-46-43(52)44(59-60(54,55)56)42(51)41(36-48)58-46)47-45(53)40(50)35-33-31-29-27-24-16-14-12-10-8-6-4-2/h32,34,38-44,46,48-52H,3-31,33,35-37H2,1-2H3,(H,47,53)(H,54,55,56)/b34-32+. The van der Waals surface area contributed by atoms with Crippen molar-refractivity contribution in [2.75, 3.05) is 13.2 Å². The van der Waals surface area contributed by atoms with Crippen molar-refractivity contribution >= 4 is 16.3 Å². The summed E-state index contributed by atoms with van der Waals surface area (Å²) in [4.78, 5) is 13.1. The van der Waals surface area contributed by atoms with Gasteiger partial charge in [-0.15, -0.1) is 0 Å². The first-order chi connectivity index (χ1) is 28.9. The number of amides is 1. The van der Waals surface area contributed by atoms with Gasteiger partial charge < -0.3 is 40.3 Å². The zero-order chi connectivity index (χ0) is 44.3. The molecule has 14 heteroatoms. The van der Waals surface area contributed by atoms with Crippen LogP contribution in [-0.2, 0) is 28.9 Å². The number of allylic oxidation sites excluding steroid dienone is 1. The Labute approximate surface area is 364 Å². The molecule has 0 aromatic heterocycles. The summed E-state index contributed by atoms with van der Waals surface area (Å²) in [6, 6.07) is -1.11. The average molecular weight is 880 g/mol. The Hall–Kier alpha value is -1.20. The summed E-state index contributed by atoms with van der Waals surface area (Å²) >= 11 is 0. The third-order valence-electron chi connectivity index (χ3n) is 11.7. The summed E-state index contributed by atoms with van der Waals surface area (Å²) in [6.07, 6.45) is 28.6. The molecule has 1 saturated heterocycles. The second kappa shape index (κ2) is 37.2. The summed E-state index contributed by atoms with van der Waals surface area (Å²) < 4.78 is 47.5. The predicted octanol–water partition coefficient (Wildman–Crippen LogP) is 8.53. The van der Waals surface area contributed by atoms with Gasteiger partial charge in [0.25, 0.3) is 0 Å². The first-order valence-electron chi connectivity index (χ1n) is 24.2. The molecule has 1 rings (SSSR count). The highest BCUT2D eigenvalue weighted by molar-refractivity contribution is 7.80. The quantitative estimate of drug-likeness (QED) is 0.0175. The number of hydrogen-bond donors (Lipinski definition) is 7. The van der Waals surface area contributed by atoms with E-state index in [1.54, 1.807) is 6.08 Å². The number of aliphatic hydroxyl groups is 5. The molecule has 1 aliphatic rings. The van der Waals surface area contributed by atoms with Gasteiger partial charge in [0.15, 0.2) is 6.29 Å². The zero-order valence-electron chi connectivity index (χ0n) is 37.6. The number of hydrogen-bond acceptors (Lipinski definition) is 11. The largest absolute Gasteiger partial charge is 0.397 e. The van der Waals surface area contributed by atoms with Gasteiger partial charge in [-0.25, -0.2) is 4.18 Å². The fraction of sp³-hybridized carbons (Fsp3) is 0.935. The van der Waals surface area contributed by atoms with Crippen LogP contribution in [0.25, 0.3) is 0 Å². The lowest BCUT2D eigenvalue weighted by molar-refractivity contribution is -0.298. The van der Waals surface area contributed by atoms with Gasteiger partial charge in [0, 0.05) is 0 Å². The van der Waals surface area contributed by atoms with Crippen LogP contribution in [0.1, 0.15) is 213 Å². The Bertz CT molecular complexity index is 1140. The number of rotatable bonds is 41. The maximum absolute atomic E-state index is 13.1. The van der Waals surface area contributed by atoms with Crippen LogP contribution in [0.4, 0.5) is 0 Å². The van der Waals surface area contributed by atoms with Crippen molar-refractivity contribution in [3.05, 3.63) is 12.2 Å². The van der Waals surface area contributed by atoms with E-state index >= 15 is 0 Å². The minimum absolute atomic E-state index is 0.247. The number of carbonyl (C=O) groups excluding carboxylic acids is 1. The fourth-order valence-electron chi connectivity index (χ4n) is 7.81. The predicted molar refractivity (Wildman–Crippen MR) is 238 cm³/mol. The van der Waals surface area contributed by atoms with E-state index in [1.165, 1.54) is 141 Å². The molecule has 13 nitrogen and oxygen atoms in total. The van der Waals surface area contributed by atoms with E-state index in [2.05, 4.69) is 23.3 Å². The van der Waals surface area contributed by atoms with E-state index in [4.69, 9.17) is 9.47 Å². The van der Waals surface area contributed by atoms with Crippen LogP contribution in [0.2, 0.25) is 0 Å². The molecule has 0 bridgehead atoms. The van der Waals surface area contributed by atoms with Gasteiger partial charge in [0.2, 0.25) is 5.91 Å². The highest BCUT2D eigenvalue weighted by Gasteiger charge is 2.48. The first-order valence-corrected chi connectivity index (χ1v) is 25.5. The minimum Gasteiger partial charge on any atom is -0.394 e. The lowest BCUT2D eigenvalue weighted by Crippen LogP contribution is -2.61. The third-order valence-corrected chi connectivity index (χ3v) is 12.1. The van der Waals surface area contributed by atoms with Gasteiger partial charge in [-0.1, -0.05) is 206 Å². The SMILES string of the molecule is CCCCCCCCCCCCCCCCCCC/C=C/C(O)C(COC1OC(CO)C(O)C(OS(=O)(=O)O)C1O)NC(=O)C(O)CCCCCCCCCCCCCC. The van der Waals surface area contributed by atoms with Crippen LogP contribution in [-0.4, -0.2) is 107 Å². The summed E-state index contributed by atoms with van der Waals surface area (Å²) in [6.45, 7) is 3.22. The number of carbonyl (C=O) groups is 1. The number of aliphatic hydroxyl groups excluding tert-OH is 5. The molecule has 0 spiro atoms. The lowest BCUT2D eigenvalue weighted by Gasteiger charge is -2.41. The van der Waals surface area contributed by atoms with Gasteiger partial charge in [0.1, 0.15) is 30.5 Å². The molecule has 1 fully saturated rings. The Morgan fingerprint density at radius 1 is 0.667 bits per heavy atom. The van der Waals surface area contributed by atoms with Crippen molar-refractivity contribution in [1.82, 2.24) is 5.32 Å². The third kappa shape index (κ3) is 29.2. The summed E-state index contributed by atoms with van der Waals surface area (Å²) in [5.41, 5.74) is 0. The van der Waals surface area contributed by atoms with Gasteiger partial charge in [-0.3, -0.25) is 9.35 Å². The molecule has 8 unspecified atom stereocenters. The minimum atomic E-state index is -5.11. The van der Waals surface area contributed by atoms with Gasteiger partial charge in [-0.2, -0.15) is 8.42 Å². The van der Waals surface area contributed by atoms with Crippen LogP contribution < -0.4 is 5.32 Å². The van der Waals surface area contributed by atoms with Crippen LogP contribution in [0.5, 0.6) is 0 Å². The van der Waals surface area contributed by atoms with E-state index in [9.17, 15) is 43.3 Å². The highest BCUT2D eigenvalue weighted by atomic mass is 32.3. The number of unbranched alkanes of at least 4 members (excludes halogenated alkanes) is 28. The van der Waals surface area contributed by atoms with E-state index < -0.39 is 78.5 Å². The highest BCUT2D eigenvalue weighted by Crippen LogP contribution is 2.26. The Kier molecular flexibility index (Phi) is 35.2. The van der Waals surface area contributed by atoms with E-state index in [0.29, 0.717) is 12.8 Å². The maximum Gasteiger partial charge on any atom is 0.397 e. The monoisotopic (exact) mass is 880 g/mol. The molecule has 356 valence electrons. The van der Waals surface area contributed by atoms with E-state index in [-0.39, 0.29) is 6.42 Å². The first kappa shape index (κ1) is 56.8. The molecule has 1 heterocycles. The molecular weight excluding hydrogens is 791 g/mol. The molecule has 0 aliphatic carbocycles. The maximum atomic E-state index is 13.1. The van der Waals surface area contributed by atoms with Crippen molar-refractivity contribution < 1.29 is 57.0 Å². The lowest BCUT2D eigenvalue weighted by atomic mass is 9.99. The van der Waals surface area contributed by atoms with Gasteiger partial charge >= 0.3 is 10.4 Å². The normalized spacial score (nSPS) is 21.4. The molecule has 0 aromatic carbocycles. The van der Waals surface area contributed by atoms with Crippen molar-refractivity contribution in [2.45, 2.75) is 262 Å². The smallest absolute Gasteiger partial charge is 0.394 e. The Morgan fingerprint density at radius 2 is 1.08 bits per heavy atom. The second-order valence-corrected chi connectivity index (χ2v) is 18.2. The molecular formula is C46H89NO12S. The molecule has 0 radical (unpaired) electrons. The Morgan fingerprint density at radius 3 is 1.50 bits per heavy atom. The average Bonchev–Trinajstić information content (AvgIpc) is 3.22. The zero-order valence-corrected chi connectivity index (χ0v) is 38.5. The van der Waals surface area contributed by atoms with Crippen molar-refractivity contribution in [1.29, 1.82) is 0 Å². The van der Waals surface area contributed by atoms with E-state index in [1.807, 2.05) is 6.08 Å². The molecule has 1 aliphatic heterocycles. The molecule has 1 amide bonds.